The van der Waals surface area contributed by atoms with E-state index in [1.54, 1.807) is 22.7 Å². The van der Waals surface area contributed by atoms with E-state index in [9.17, 15) is 19.5 Å². The topological polar surface area (TPSA) is 105 Å². The maximum atomic E-state index is 13.1. The van der Waals surface area contributed by atoms with Crippen LogP contribution in [0.3, 0.4) is 0 Å². The van der Waals surface area contributed by atoms with Gasteiger partial charge in [0.25, 0.3) is 5.91 Å². The zero-order chi connectivity index (χ0) is 21.3. The van der Waals surface area contributed by atoms with Crippen molar-refractivity contribution in [3.8, 4) is 0 Å². The van der Waals surface area contributed by atoms with E-state index in [4.69, 9.17) is 4.74 Å². The molecule has 2 aliphatic heterocycles. The molecule has 2 aliphatic rings. The monoisotopic (exact) mass is 412 g/mol. The van der Waals surface area contributed by atoms with Crippen molar-refractivity contribution in [1.82, 2.24) is 19.6 Å². The number of hydrogen-bond donors (Lipinski definition) is 1. The maximum absolute atomic E-state index is 13.1. The summed E-state index contributed by atoms with van der Waals surface area (Å²) in [6.45, 7) is 3.52. The number of nitrogens with zero attached hydrogens (tertiary/aromatic N) is 4. The summed E-state index contributed by atoms with van der Waals surface area (Å²) in [5.74, 6) is -1.12. The molecule has 0 radical (unpaired) electrons. The van der Waals surface area contributed by atoms with E-state index in [-0.39, 0.29) is 38.1 Å². The van der Waals surface area contributed by atoms with Crippen LogP contribution in [0.25, 0.3) is 0 Å². The Balaban J connectivity index is 1.48. The van der Waals surface area contributed by atoms with Gasteiger partial charge in [-0.15, -0.1) is 0 Å². The van der Waals surface area contributed by atoms with Gasteiger partial charge >= 0.3 is 12.1 Å². The number of benzene rings is 1. The third kappa shape index (κ3) is 3.62. The summed E-state index contributed by atoms with van der Waals surface area (Å²) in [5, 5.41) is 13.5. The number of amides is 2. The molecular weight excluding hydrogens is 388 g/mol. The molecule has 1 N–H and O–H groups in total. The molecule has 30 heavy (non-hydrogen) atoms. The van der Waals surface area contributed by atoms with Gasteiger partial charge in [0.05, 0.1) is 30.8 Å². The molecular formula is C21H24N4O5. The minimum absolute atomic E-state index is 0.214. The molecule has 9 heteroatoms. The molecule has 2 fully saturated rings. The first-order valence-corrected chi connectivity index (χ1v) is 9.92. The van der Waals surface area contributed by atoms with Crippen molar-refractivity contribution in [3.05, 3.63) is 53.9 Å². The van der Waals surface area contributed by atoms with Gasteiger partial charge in [-0.05, 0) is 12.5 Å². The zero-order valence-electron chi connectivity index (χ0n) is 16.7. The maximum Gasteiger partial charge on any atom is 0.407 e. The van der Waals surface area contributed by atoms with Gasteiger partial charge in [0.2, 0.25) is 0 Å². The van der Waals surface area contributed by atoms with Crippen molar-refractivity contribution in [2.75, 3.05) is 32.8 Å². The van der Waals surface area contributed by atoms with Crippen LogP contribution in [0.5, 0.6) is 0 Å². The molecule has 1 aromatic heterocycles. The van der Waals surface area contributed by atoms with Gasteiger partial charge in [-0.3, -0.25) is 14.3 Å². The van der Waals surface area contributed by atoms with E-state index >= 15 is 0 Å². The third-order valence-electron chi connectivity index (χ3n) is 5.86. The van der Waals surface area contributed by atoms with Gasteiger partial charge in [-0.1, -0.05) is 30.3 Å². The van der Waals surface area contributed by atoms with E-state index in [0.29, 0.717) is 18.7 Å². The average molecular weight is 412 g/mol. The standard InChI is InChI=1S/C21H24N4O5/c1-2-30-19(27)17-11-23(12-21(17)13-24(14-21)20(28)29)18(26)16-8-22-25(10-16)9-15-6-4-3-5-7-15/h3-8,10,17H,2,9,11-14H2,1H3,(H,28,29). The number of hydrogen-bond acceptors (Lipinski definition) is 5. The van der Waals surface area contributed by atoms with Crippen molar-refractivity contribution < 1.29 is 24.2 Å². The zero-order valence-corrected chi connectivity index (χ0v) is 16.7. The highest BCUT2D eigenvalue weighted by Crippen LogP contribution is 2.45. The number of ether oxygens (including phenoxy) is 1. The minimum atomic E-state index is -1.02. The van der Waals surface area contributed by atoms with Crippen LogP contribution < -0.4 is 0 Å². The van der Waals surface area contributed by atoms with Crippen LogP contribution in [0.15, 0.2) is 42.7 Å². The largest absolute Gasteiger partial charge is 0.466 e. The summed E-state index contributed by atoms with van der Waals surface area (Å²) in [5.41, 5.74) is 0.936. The van der Waals surface area contributed by atoms with Crippen LogP contribution in [-0.2, 0) is 16.1 Å². The highest BCUT2D eigenvalue weighted by molar-refractivity contribution is 5.94. The second-order valence-electron chi connectivity index (χ2n) is 7.90. The molecule has 2 amide bonds. The summed E-state index contributed by atoms with van der Waals surface area (Å²) in [4.78, 5) is 39.7. The molecule has 3 heterocycles. The summed E-state index contributed by atoms with van der Waals surface area (Å²) < 4.78 is 6.90. The molecule has 4 rings (SSSR count). The molecule has 9 nitrogen and oxygen atoms in total. The highest BCUT2D eigenvalue weighted by atomic mass is 16.5. The van der Waals surface area contributed by atoms with E-state index < -0.39 is 17.4 Å². The van der Waals surface area contributed by atoms with Gasteiger partial charge < -0.3 is 19.6 Å². The van der Waals surface area contributed by atoms with Gasteiger partial charge in [0.1, 0.15) is 0 Å². The fraction of sp³-hybridized carbons (Fsp3) is 0.429. The smallest absolute Gasteiger partial charge is 0.407 e. The Kier molecular flexibility index (Phi) is 5.19. The van der Waals surface area contributed by atoms with E-state index in [0.717, 1.165) is 5.56 Å². The Morgan fingerprint density at radius 3 is 2.53 bits per heavy atom. The predicted octanol–water partition coefficient (Wildman–Crippen LogP) is 1.55. The van der Waals surface area contributed by atoms with Crippen LogP contribution >= 0.6 is 0 Å². The van der Waals surface area contributed by atoms with Gasteiger partial charge in [-0.25, -0.2) is 4.79 Å². The number of carbonyl (C=O) groups is 3. The van der Waals surface area contributed by atoms with Crippen molar-refractivity contribution >= 4 is 18.0 Å². The molecule has 1 aromatic carbocycles. The third-order valence-corrected chi connectivity index (χ3v) is 5.86. The van der Waals surface area contributed by atoms with E-state index in [1.807, 2.05) is 30.3 Å². The Morgan fingerprint density at radius 1 is 1.17 bits per heavy atom. The molecule has 0 bridgehead atoms. The molecule has 1 unspecified atom stereocenters. The lowest BCUT2D eigenvalue weighted by Gasteiger charge is -2.48. The number of rotatable bonds is 5. The van der Waals surface area contributed by atoms with Gasteiger partial charge in [-0.2, -0.15) is 5.10 Å². The molecule has 1 spiro atoms. The minimum Gasteiger partial charge on any atom is -0.466 e. The number of esters is 1. The second kappa shape index (κ2) is 7.81. The molecule has 2 saturated heterocycles. The van der Waals surface area contributed by atoms with Crippen LogP contribution in [-0.4, -0.2) is 75.4 Å². The lowest BCUT2D eigenvalue weighted by Crippen LogP contribution is -2.63. The highest BCUT2D eigenvalue weighted by Gasteiger charge is 2.59. The first-order valence-electron chi connectivity index (χ1n) is 9.92. The predicted molar refractivity (Wildman–Crippen MR) is 106 cm³/mol. The Bertz CT molecular complexity index is 951. The molecule has 1 atom stereocenters. The van der Waals surface area contributed by atoms with Gasteiger partial charge in [0, 0.05) is 37.8 Å². The molecule has 2 aromatic rings. The summed E-state index contributed by atoms with van der Waals surface area (Å²) in [6.07, 6.45) is 2.21. The van der Waals surface area contributed by atoms with Crippen molar-refractivity contribution in [2.45, 2.75) is 13.5 Å². The number of aromatic nitrogens is 2. The van der Waals surface area contributed by atoms with Crippen molar-refractivity contribution in [1.29, 1.82) is 0 Å². The van der Waals surface area contributed by atoms with Crippen molar-refractivity contribution in [3.63, 3.8) is 0 Å². The SMILES string of the molecule is CCOC(=O)C1CN(C(=O)c2cnn(Cc3ccccc3)c2)CC12CN(C(=O)O)C2. The molecule has 158 valence electrons. The number of carboxylic acid groups (broad SMARTS) is 1. The fourth-order valence-electron chi connectivity index (χ4n) is 4.37. The normalized spacial score (nSPS) is 19.6. The summed E-state index contributed by atoms with van der Waals surface area (Å²) >= 11 is 0. The first kappa shape index (κ1) is 19.9. The summed E-state index contributed by atoms with van der Waals surface area (Å²) in [6, 6.07) is 9.81. The van der Waals surface area contributed by atoms with Gasteiger partial charge in [0.15, 0.2) is 0 Å². The second-order valence-corrected chi connectivity index (χ2v) is 7.90. The quantitative estimate of drug-likeness (QED) is 0.747. The Morgan fingerprint density at radius 2 is 1.87 bits per heavy atom. The van der Waals surface area contributed by atoms with E-state index in [2.05, 4.69) is 5.10 Å². The Labute approximate surface area is 173 Å². The fourth-order valence-corrected chi connectivity index (χ4v) is 4.37. The van der Waals surface area contributed by atoms with Crippen LogP contribution in [0.2, 0.25) is 0 Å². The van der Waals surface area contributed by atoms with E-state index in [1.165, 1.54) is 11.1 Å². The van der Waals surface area contributed by atoms with Crippen LogP contribution in [0, 0.1) is 11.3 Å². The van der Waals surface area contributed by atoms with Crippen LogP contribution in [0.4, 0.5) is 4.79 Å². The Hall–Kier alpha value is -3.36. The number of likely N-dealkylation sites (tertiary alicyclic amines) is 2. The molecule has 0 aliphatic carbocycles. The average Bonchev–Trinajstić information content (AvgIpc) is 3.32. The lowest BCUT2D eigenvalue weighted by molar-refractivity contribution is -0.155. The summed E-state index contributed by atoms with van der Waals surface area (Å²) in [7, 11) is 0. The van der Waals surface area contributed by atoms with Crippen molar-refractivity contribution in [2.24, 2.45) is 11.3 Å². The molecule has 0 saturated carbocycles. The lowest BCUT2D eigenvalue weighted by atomic mass is 9.72. The number of carbonyl (C=O) groups excluding carboxylic acids is 2. The first-order chi connectivity index (χ1) is 14.4. The van der Waals surface area contributed by atoms with Crippen LogP contribution in [0.1, 0.15) is 22.8 Å².